The zero-order chi connectivity index (χ0) is 38.8. The SMILES string of the molecule is C=CCCCCCC(C)CN(C)CCCCCCCC(=C)CC(CC)CCCCCCCC.CCCCCCCCC(CC)CCCCCCCC. The quantitative estimate of drug-likeness (QED) is 0.0447. The predicted octanol–water partition coefficient (Wildman–Crippen LogP) is 18.3. The molecule has 0 saturated carbocycles. The van der Waals surface area contributed by atoms with E-state index in [-0.39, 0.29) is 0 Å². The highest BCUT2D eigenvalue weighted by atomic mass is 15.1. The summed E-state index contributed by atoms with van der Waals surface area (Å²) in [4.78, 5) is 2.56. The Labute approximate surface area is 332 Å². The summed E-state index contributed by atoms with van der Waals surface area (Å²) in [7, 11) is 2.31. The maximum Gasteiger partial charge on any atom is 0.000397 e. The number of hydrogen-bond acceptors (Lipinski definition) is 1. The summed E-state index contributed by atoms with van der Waals surface area (Å²) in [6, 6.07) is 0. The van der Waals surface area contributed by atoms with E-state index in [2.05, 4.69) is 66.6 Å². The van der Waals surface area contributed by atoms with Gasteiger partial charge in [0.2, 0.25) is 0 Å². The van der Waals surface area contributed by atoms with Crippen LogP contribution in [0.4, 0.5) is 0 Å². The molecule has 2 atom stereocenters. The summed E-state index contributed by atoms with van der Waals surface area (Å²) in [5.74, 6) is 2.74. The highest BCUT2D eigenvalue weighted by molar-refractivity contribution is 4.95. The van der Waals surface area contributed by atoms with Crippen LogP contribution in [0.5, 0.6) is 0 Å². The van der Waals surface area contributed by atoms with Crippen molar-refractivity contribution in [3.8, 4) is 0 Å². The molecule has 0 aliphatic rings. The summed E-state index contributed by atoms with van der Waals surface area (Å²) >= 11 is 0. The Kier molecular flexibility index (Phi) is 46.2. The van der Waals surface area contributed by atoms with Crippen molar-refractivity contribution in [2.75, 3.05) is 20.1 Å². The fraction of sp³-hybridized carbons (Fsp3) is 0.922. The molecule has 0 spiro atoms. The van der Waals surface area contributed by atoms with E-state index in [4.69, 9.17) is 0 Å². The van der Waals surface area contributed by atoms with Gasteiger partial charge in [-0.3, -0.25) is 0 Å². The van der Waals surface area contributed by atoms with Gasteiger partial charge >= 0.3 is 0 Å². The molecule has 0 amide bonds. The molecule has 0 heterocycles. The monoisotopic (exact) mass is 730 g/mol. The third kappa shape index (κ3) is 42.2. The molecule has 0 aromatic rings. The van der Waals surface area contributed by atoms with Gasteiger partial charge in [0.05, 0.1) is 0 Å². The molecule has 0 saturated heterocycles. The molecule has 0 aliphatic heterocycles. The minimum atomic E-state index is 0.831. The fourth-order valence-corrected chi connectivity index (χ4v) is 8.11. The van der Waals surface area contributed by atoms with Crippen LogP contribution in [-0.2, 0) is 0 Å². The van der Waals surface area contributed by atoms with Gasteiger partial charge in [0, 0.05) is 6.54 Å². The molecule has 0 N–H and O–H groups in total. The highest BCUT2D eigenvalue weighted by Crippen LogP contribution is 2.25. The lowest BCUT2D eigenvalue weighted by molar-refractivity contribution is 0.269. The van der Waals surface area contributed by atoms with E-state index in [1.165, 1.54) is 243 Å². The van der Waals surface area contributed by atoms with Crippen molar-refractivity contribution in [3.05, 3.63) is 24.8 Å². The Morgan fingerprint density at radius 1 is 0.500 bits per heavy atom. The summed E-state index contributed by atoms with van der Waals surface area (Å²) in [5, 5.41) is 0. The molecule has 0 rings (SSSR count). The normalized spacial score (nSPS) is 12.6. The molecular weight excluding hydrogens is 627 g/mol. The fourth-order valence-electron chi connectivity index (χ4n) is 8.11. The Morgan fingerprint density at radius 3 is 1.38 bits per heavy atom. The first kappa shape index (κ1) is 53.5. The summed E-state index contributed by atoms with van der Waals surface area (Å²) in [6.45, 7) is 24.8. The molecule has 52 heavy (non-hydrogen) atoms. The molecule has 312 valence electrons. The zero-order valence-corrected chi connectivity index (χ0v) is 37.8. The van der Waals surface area contributed by atoms with Gasteiger partial charge in [-0.05, 0) is 76.3 Å². The second-order valence-electron chi connectivity index (χ2n) is 17.5. The van der Waals surface area contributed by atoms with Gasteiger partial charge in [-0.2, -0.15) is 0 Å². The van der Waals surface area contributed by atoms with Crippen LogP contribution in [-0.4, -0.2) is 25.0 Å². The van der Waals surface area contributed by atoms with Crippen LogP contribution in [0.15, 0.2) is 24.8 Å². The van der Waals surface area contributed by atoms with Crippen LogP contribution < -0.4 is 0 Å². The molecule has 0 fully saturated rings. The van der Waals surface area contributed by atoms with Crippen LogP contribution >= 0.6 is 0 Å². The van der Waals surface area contributed by atoms with Crippen molar-refractivity contribution >= 4 is 0 Å². The van der Waals surface area contributed by atoms with Crippen molar-refractivity contribution in [1.82, 2.24) is 4.90 Å². The number of unbranched alkanes of at least 4 members (excludes halogenated alkanes) is 22. The summed E-state index contributed by atoms with van der Waals surface area (Å²) < 4.78 is 0. The van der Waals surface area contributed by atoms with Crippen LogP contribution in [0, 0.1) is 17.8 Å². The van der Waals surface area contributed by atoms with Gasteiger partial charge in [-0.15, -0.1) is 6.58 Å². The van der Waals surface area contributed by atoms with E-state index in [1.807, 2.05) is 6.08 Å². The van der Waals surface area contributed by atoms with Crippen LogP contribution in [0.3, 0.4) is 0 Å². The van der Waals surface area contributed by atoms with E-state index in [0.29, 0.717) is 0 Å². The Bertz CT molecular complexity index is 665. The summed E-state index contributed by atoms with van der Waals surface area (Å²) in [6.07, 6.45) is 51.2. The number of nitrogens with zero attached hydrogens (tertiary/aromatic N) is 1. The largest absolute Gasteiger partial charge is 0.306 e. The maximum absolute atomic E-state index is 4.42. The molecule has 2 unspecified atom stereocenters. The summed E-state index contributed by atoms with van der Waals surface area (Å²) in [5.41, 5.74) is 1.52. The first-order chi connectivity index (χ1) is 25.4. The number of rotatable bonds is 41. The van der Waals surface area contributed by atoms with Gasteiger partial charge in [0.1, 0.15) is 0 Å². The third-order valence-corrected chi connectivity index (χ3v) is 11.9. The lowest BCUT2D eigenvalue weighted by Gasteiger charge is -2.21. The second-order valence-corrected chi connectivity index (χ2v) is 17.5. The van der Waals surface area contributed by atoms with E-state index >= 15 is 0 Å². The van der Waals surface area contributed by atoms with E-state index < -0.39 is 0 Å². The average molecular weight is 730 g/mol. The lowest BCUT2D eigenvalue weighted by atomic mass is 9.90. The average Bonchev–Trinajstić information content (AvgIpc) is 3.14. The molecule has 1 nitrogen and oxygen atoms in total. The van der Waals surface area contributed by atoms with E-state index in [9.17, 15) is 0 Å². The van der Waals surface area contributed by atoms with Crippen LogP contribution in [0.2, 0.25) is 0 Å². The van der Waals surface area contributed by atoms with Crippen molar-refractivity contribution in [2.45, 2.75) is 266 Å². The molecule has 0 aromatic carbocycles. The Morgan fingerprint density at radius 2 is 0.904 bits per heavy atom. The molecule has 1 heteroatoms. The smallest absolute Gasteiger partial charge is 0.000397 e. The first-order valence-corrected chi connectivity index (χ1v) is 24.3. The molecular formula is C51H103N. The van der Waals surface area contributed by atoms with Gasteiger partial charge in [-0.25, -0.2) is 0 Å². The minimum Gasteiger partial charge on any atom is -0.306 e. The van der Waals surface area contributed by atoms with Gasteiger partial charge in [0.25, 0.3) is 0 Å². The number of hydrogen-bond donors (Lipinski definition) is 0. The van der Waals surface area contributed by atoms with Crippen LogP contribution in [0.25, 0.3) is 0 Å². The van der Waals surface area contributed by atoms with Crippen molar-refractivity contribution in [2.24, 2.45) is 17.8 Å². The molecule has 0 aliphatic carbocycles. The highest BCUT2D eigenvalue weighted by Gasteiger charge is 2.09. The standard InChI is InChI=1S/C32H63N.C19H40/c1-7-10-12-14-18-22-26-32(9-3)28-30(4)24-20-17-15-19-23-27-33(6)29-31(5)25-21-16-13-11-8-2;1-4-7-9-11-13-15-17-19(6-3)18-16-14-12-10-8-5-2/h8,31-32H,2,4,7,9-29H2,1,3,5-6H3;19H,4-18H2,1-3H3. The van der Waals surface area contributed by atoms with E-state index in [0.717, 1.165) is 17.8 Å². The molecule has 0 radical (unpaired) electrons. The van der Waals surface area contributed by atoms with Crippen LogP contribution in [0.1, 0.15) is 266 Å². The second kappa shape index (κ2) is 44.8. The number of allylic oxidation sites excluding steroid dienone is 2. The molecule has 0 bridgehead atoms. The van der Waals surface area contributed by atoms with Crippen molar-refractivity contribution < 1.29 is 0 Å². The predicted molar refractivity (Wildman–Crippen MR) is 243 cm³/mol. The van der Waals surface area contributed by atoms with E-state index in [1.54, 1.807) is 0 Å². The van der Waals surface area contributed by atoms with Crippen molar-refractivity contribution in [3.63, 3.8) is 0 Å². The molecule has 0 aromatic heterocycles. The Balaban J connectivity index is 0. The topological polar surface area (TPSA) is 3.24 Å². The first-order valence-electron chi connectivity index (χ1n) is 24.3. The van der Waals surface area contributed by atoms with Gasteiger partial charge < -0.3 is 4.90 Å². The zero-order valence-electron chi connectivity index (χ0n) is 37.8. The Hall–Kier alpha value is -0.560. The minimum absolute atomic E-state index is 0.831. The van der Waals surface area contributed by atoms with Gasteiger partial charge in [0.15, 0.2) is 0 Å². The lowest BCUT2D eigenvalue weighted by Crippen LogP contribution is -2.25. The van der Waals surface area contributed by atoms with Gasteiger partial charge in [-0.1, -0.05) is 240 Å². The third-order valence-electron chi connectivity index (χ3n) is 11.9. The maximum atomic E-state index is 4.42. The van der Waals surface area contributed by atoms with Crippen molar-refractivity contribution in [1.29, 1.82) is 0 Å².